The Kier molecular flexibility index (Phi) is 3.45. The van der Waals surface area contributed by atoms with Gasteiger partial charge in [-0.05, 0) is 31.5 Å². The quantitative estimate of drug-likeness (QED) is 0.803. The molecule has 1 aliphatic rings. The molecule has 0 fully saturated rings. The van der Waals surface area contributed by atoms with Gasteiger partial charge in [0.1, 0.15) is 17.9 Å². The Balaban J connectivity index is 1.70. The Morgan fingerprint density at radius 3 is 2.88 bits per heavy atom. The highest BCUT2D eigenvalue weighted by Crippen LogP contribution is 2.18. The van der Waals surface area contributed by atoms with Crippen LogP contribution in [0.25, 0.3) is 11.0 Å². The van der Waals surface area contributed by atoms with Gasteiger partial charge in [-0.15, -0.1) is 0 Å². The van der Waals surface area contributed by atoms with Gasteiger partial charge in [0, 0.05) is 24.3 Å². The van der Waals surface area contributed by atoms with E-state index in [1.807, 2.05) is 43.3 Å². The highest BCUT2D eigenvalue weighted by molar-refractivity contribution is 5.91. The zero-order chi connectivity index (χ0) is 16.7. The second kappa shape index (κ2) is 5.63. The minimum absolute atomic E-state index is 0.0480. The van der Waals surface area contributed by atoms with Gasteiger partial charge < -0.3 is 9.88 Å². The number of anilines is 1. The van der Waals surface area contributed by atoms with E-state index in [-0.39, 0.29) is 18.0 Å². The molecule has 0 atom stereocenters. The third kappa shape index (κ3) is 2.40. The molecule has 6 heteroatoms. The lowest BCUT2D eigenvalue weighted by Crippen LogP contribution is -2.26. The number of rotatable bonds is 3. The van der Waals surface area contributed by atoms with E-state index >= 15 is 0 Å². The maximum absolute atomic E-state index is 12.8. The molecular weight excluding hydrogens is 304 g/mol. The SMILES string of the molecule is Cc1cc2nc3n(c(=O)c2n1CC(=O)Nc1ccccc1)CCC3. The second-order valence-corrected chi connectivity index (χ2v) is 6.11. The molecule has 122 valence electrons. The van der Waals surface area contributed by atoms with E-state index in [9.17, 15) is 9.59 Å². The molecule has 3 aromatic rings. The first-order valence-electron chi connectivity index (χ1n) is 8.08. The fourth-order valence-corrected chi connectivity index (χ4v) is 3.30. The molecule has 3 heterocycles. The van der Waals surface area contributed by atoms with E-state index in [4.69, 9.17) is 0 Å². The van der Waals surface area contributed by atoms with Crippen molar-refractivity contribution in [2.24, 2.45) is 0 Å². The molecule has 0 saturated heterocycles. The van der Waals surface area contributed by atoms with Crippen molar-refractivity contribution in [1.82, 2.24) is 14.1 Å². The zero-order valence-electron chi connectivity index (χ0n) is 13.5. The van der Waals surface area contributed by atoms with Gasteiger partial charge in [0.05, 0.1) is 5.52 Å². The number of amides is 1. The second-order valence-electron chi connectivity index (χ2n) is 6.11. The van der Waals surface area contributed by atoms with Crippen molar-refractivity contribution >= 4 is 22.6 Å². The molecule has 2 aromatic heterocycles. The number of aryl methyl sites for hydroxylation is 2. The molecule has 0 radical (unpaired) electrons. The Morgan fingerprint density at radius 2 is 2.08 bits per heavy atom. The largest absolute Gasteiger partial charge is 0.330 e. The van der Waals surface area contributed by atoms with Gasteiger partial charge in [-0.3, -0.25) is 14.2 Å². The van der Waals surface area contributed by atoms with Gasteiger partial charge >= 0.3 is 0 Å². The van der Waals surface area contributed by atoms with E-state index in [0.717, 1.165) is 30.0 Å². The summed E-state index contributed by atoms with van der Waals surface area (Å²) in [6.07, 6.45) is 1.78. The number of carbonyl (C=O) groups is 1. The molecule has 1 aliphatic heterocycles. The van der Waals surface area contributed by atoms with Gasteiger partial charge in [-0.2, -0.15) is 0 Å². The summed E-state index contributed by atoms with van der Waals surface area (Å²) >= 11 is 0. The molecule has 1 N–H and O–H groups in total. The van der Waals surface area contributed by atoms with Crippen molar-refractivity contribution in [3.05, 3.63) is 58.3 Å². The van der Waals surface area contributed by atoms with Crippen LogP contribution in [0.15, 0.2) is 41.2 Å². The van der Waals surface area contributed by atoms with Crippen LogP contribution >= 0.6 is 0 Å². The number of nitrogens with one attached hydrogen (secondary N) is 1. The van der Waals surface area contributed by atoms with Gasteiger partial charge in [-0.1, -0.05) is 18.2 Å². The normalized spacial score (nSPS) is 13.2. The Labute approximate surface area is 138 Å². The summed E-state index contributed by atoms with van der Waals surface area (Å²) in [5, 5.41) is 2.85. The molecule has 1 amide bonds. The fourth-order valence-electron chi connectivity index (χ4n) is 3.30. The van der Waals surface area contributed by atoms with Crippen molar-refractivity contribution in [3.8, 4) is 0 Å². The molecule has 0 saturated carbocycles. The summed E-state index contributed by atoms with van der Waals surface area (Å²) in [4.78, 5) is 29.7. The van der Waals surface area contributed by atoms with E-state index in [1.54, 1.807) is 9.13 Å². The Hall–Kier alpha value is -2.89. The third-order valence-electron chi connectivity index (χ3n) is 4.43. The van der Waals surface area contributed by atoms with Crippen LogP contribution in [0.1, 0.15) is 17.9 Å². The van der Waals surface area contributed by atoms with Crippen LogP contribution in [0.4, 0.5) is 5.69 Å². The predicted octanol–water partition coefficient (Wildman–Crippen LogP) is 2.09. The monoisotopic (exact) mass is 322 g/mol. The number of nitrogens with zero attached hydrogens (tertiary/aromatic N) is 3. The predicted molar refractivity (Wildman–Crippen MR) is 92.1 cm³/mol. The summed E-state index contributed by atoms with van der Waals surface area (Å²) in [6, 6.07) is 11.2. The number of para-hydroxylation sites is 1. The first-order chi connectivity index (χ1) is 11.6. The summed E-state index contributed by atoms with van der Waals surface area (Å²) in [5.74, 6) is 0.685. The minimum atomic E-state index is -0.160. The van der Waals surface area contributed by atoms with Crippen molar-refractivity contribution in [2.45, 2.75) is 32.9 Å². The molecule has 0 spiro atoms. The van der Waals surface area contributed by atoms with E-state index < -0.39 is 0 Å². The minimum Gasteiger partial charge on any atom is -0.330 e. The standard InChI is InChI=1S/C18H18N4O2/c1-12-10-14-17(18(24)21-9-5-8-15(21)20-14)22(12)11-16(23)19-13-6-3-2-4-7-13/h2-4,6-7,10H,5,8-9,11H2,1H3,(H,19,23). The molecule has 0 unspecified atom stereocenters. The summed E-state index contributed by atoms with van der Waals surface area (Å²) in [5.41, 5.74) is 2.75. The zero-order valence-corrected chi connectivity index (χ0v) is 13.5. The van der Waals surface area contributed by atoms with Crippen LogP contribution < -0.4 is 10.9 Å². The molecular formula is C18H18N4O2. The lowest BCUT2D eigenvalue weighted by atomic mass is 10.3. The first-order valence-corrected chi connectivity index (χ1v) is 8.08. The number of carbonyl (C=O) groups excluding carboxylic acids is 1. The lowest BCUT2D eigenvalue weighted by Gasteiger charge is -2.10. The molecule has 4 rings (SSSR count). The van der Waals surface area contributed by atoms with Crippen molar-refractivity contribution in [2.75, 3.05) is 5.32 Å². The van der Waals surface area contributed by atoms with Gasteiger partial charge in [0.15, 0.2) is 0 Å². The summed E-state index contributed by atoms with van der Waals surface area (Å²) in [6.45, 7) is 2.70. The topological polar surface area (TPSA) is 68.9 Å². The van der Waals surface area contributed by atoms with Crippen LogP contribution in [-0.4, -0.2) is 20.0 Å². The van der Waals surface area contributed by atoms with E-state index in [1.165, 1.54) is 0 Å². The first kappa shape index (κ1) is 14.7. The smallest absolute Gasteiger partial charge is 0.278 e. The molecule has 24 heavy (non-hydrogen) atoms. The summed E-state index contributed by atoms with van der Waals surface area (Å²) in [7, 11) is 0. The van der Waals surface area contributed by atoms with E-state index in [2.05, 4.69) is 10.3 Å². The molecule has 0 aliphatic carbocycles. The lowest BCUT2D eigenvalue weighted by molar-refractivity contribution is -0.116. The van der Waals surface area contributed by atoms with Crippen LogP contribution in [-0.2, 0) is 24.3 Å². The highest BCUT2D eigenvalue weighted by atomic mass is 16.2. The van der Waals surface area contributed by atoms with Crippen LogP contribution in [0.3, 0.4) is 0 Å². The molecule has 1 aromatic carbocycles. The van der Waals surface area contributed by atoms with E-state index in [0.29, 0.717) is 17.6 Å². The van der Waals surface area contributed by atoms with Crippen LogP contribution in [0, 0.1) is 6.92 Å². The average Bonchev–Trinajstić information content (AvgIpc) is 3.14. The highest BCUT2D eigenvalue weighted by Gasteiger charge is 2.20. The number of hydrogen-bond donors (Lipinski definition) is 1. The van der Waals surface area contributed by atoms with Gasteiger partial charge in [0.25, 0.3) is 5.56 Å². The van der Waals surface area contributed by atoms with Gasteiger partial charge in [-0.25, -0.2) is 4.98 Å². The Morgan fingerprint density at radius 1 is 1.29 bits per heavy atom. The average molecular weight is 322 g/mol. The summed E-state index contributed by atoms with van der Waals surface area (Å²) < 4.78 is 3.49. The van der Waals surface area contributed by atoms with Crippen molar-refractivity contribution in [3.63, 3.8) is 0 Å². The number of hydrogen-bond acceptors (Lipinski definition) is 3. The van der Waals surface area contributed by atoms with Crippen LogP contribution in [0.5, 0.6) is 0 Å². The van der Waals surface area contributed by atoms with Gasteiger partial charge in [0.2, 0.25) is 5.91 Å². The number of aromatic nitrogens is 3. The third-order valence-corrected chi connectivity index (χ3v) is 4.43. The van der Waals surface area contributed by atoms with Crippen molar-refractivity contribution in [1.29, 1.82) is 0 Å². The molecule has 6 nitrogen and oxygen atoms in total. The fraction of sp³-hybridized carbons (Fsp3) is 0.278. The number of benzene rings is 1. The maximum atomic E-state index is 12.8. The maximum Gasteiger partial charge on any atom is 0.278 e. The number of fused-ring (bicyclic) bond motifs is 2. The Bertz CT molecular complexity index is 986. The molecule has 0 bridgehead atoms. The van der Waals surface area contributed by atoms with Crippen LogP contribution in [0.2, 0.25) is 0 Å². The van der Waals surface area contributed by atoms with Crippen molar-refractivity contribution < 1.29 is 4.79 Å².